The molecule has 0 saturated heterocycles. The average Bonchev–Trinajstić information content (AvgIpc) is 2.72. The molecule has 0 aromatic heterocycles. The highest BCUT2D eigenvalue weighted by Gasteiger charge is 2.26. The molecule has 0 unspecified atom stereocenters. The van der Waals surface area contributed by atoms with Crippen molar-refractivity contribution in [1.82, 2.24) is 10.6 Å². The third kappa shape index (κ3) is 14.3. The summed E-state index contributed by atoms with van der Waals surface area (Å²) in [4.78, 5) is 16.7. The molecule has 1 rings (SSSR count). The first-order chi connectivity index (χ1) is 14.8. The van der Waals surface area contributed by atoms with Crippen LogP contribution in [0.25, 0.3) is 0 Å². The quantitative estimate of drug-likeness (QED) is 0.181. The van der Waals surface area contributed by atoms with Crippen LogP contribution < -0.4 is 10.6 Å². The van der Waals surface area contributed by atoms with Gasteiger partial charge in [0, 0.05) is 26.7 Å². The number of nitrogens with one attached hydrogen (secondary N) is 2. The number of hydrogen-bond donors (Lipinski definition) is 2. The van der Waals surface area contributed by atoms with Gasteiger partial charge in [-0.3, -0.25) is 5.32 Å². The number of halogens is 3. The number of methoxy groups -OCH3 is 2. The molecule has 1 aliphatic heterocycles. The number of guanidine groups is 1. The molecule has 0 radical (unpaired) electrons. The van der Waals surface area contributed by atoms with Gasteiger partial charge in [0.05, 0.1) is 6.04 Å². The van der Waals surface area contributed by atoms with Gasteiger partial charge in [0.2, 0.25) is 9.75 Å². The van der Waals surface area contributed by atoms with Crippen molar-refractivity contribution in [3.05, 3.63) is 0 Å². The highest BCUT2D eigenvalue weighted by atomic mass is 35.6. The van der Waals surface area contributed by atoms with Crippen LogP contribution >= 0.6 is 34.8 Å². The summed E-state index contributed by atoms with van der Waals surface area (Å²) in [6, 6.07) is 0.275. The second kappa shape index (κ2) is 16.2. The number of alkyl halides is 3. The minimum absolute atomic E-state index is 0.0482. The van der Waals surface area contributed by atoms with Gasteiger partial charge >= 0.3 is 6.09 Å². The molecule has 182 valence electrons. The van der Waals surface area contributed by atoms with Gasteiger partial charge in [0.25, 0.3) is 0 Å². The second-order valence-electron chi connectivity index (χ2n) is 7.91. The van der Waals surface area contributed by atoms with Crippen molar-refractivity contribution in [2.45, 2.75) is 99.7 Å². The molecule has 0 fully saturated rings. The maximum atomic E-state index is 12.0. The Morgan fingerprint density at radius 2 is 1.77 bits per heavy atom. The van der Waals surface area contributed by atoms with Gasteiger partial charge < -0.3 is 19.5 Å². The van der Waals surface area contributed by atoms with Crippen molar-refractivity contribution in [2.75, 3.05) is 20.8 Å². The Labute approximate surface area is 201 Å². The van der Waals surface area contributed by atoms with E-state index in [4.69, 9.17) is 49.0 Å². The molecule has 0 bridgehead atoms. The number of unbranched alkanes of at least 4 members (excludes halogenated alkanes) is 6. The predicted octanol–water partition coefficient (Wildman–Crippen LogP) is 5.71. The molecule has 1 amide bonds. The fourth-order valence-electron chi connectivity index (χ4n) is 3.58. The fraction of sp³-hybridized carbons (Fsp3) is 0.905. The molecule has 2 atom stereocenters. The molecule has 1 heterocycles. The van der Waals surface area contributed by atoms with Gasteiger partial charge in [-0.1, -0.05) is 86.7 Å². The summed E-state index contributed by atoms with van der Waals surface area (Å²) in [5.41, 5.74) is 0. The van der Waals surface area contributed by atoms with E-state index in [0.29, 0.717) is 5.96 Å². The van der Waals surface area contributed by atoms with Crippen LogP contribution in [0.15, 0.2) is 4.99 Å². The molecule has 0 aromatic rings. The standard InChI is InChI=1S/C21H38Cl3N3O4/c1-4-5-6-7-8-9-10-11-16-14-17(12-13-18(29-2)30-3)26-19(25-16)27-20(28)31-15-21(22,23)24/h16-18H,4-15H2,1-3H3,(H2,25,26,27,28)/t16-,17+/m1/s1. The normalized spacial score (nSPS) is 19.1. The summed E-state index contributed by atoms with van der Waals surface area (Å²) in [5.74, 6) is 0.393. The van der Waals surface area contributed by atoms with E-state index in [2.05, 4.69) is 22.5 Å². The summed E-state index contributed by atoms with van der Waals surface area (Å²) in [6.07, 6.45) is 11.3. The zero-order chi connectivity index (χ0) is 23.1. The number of nitrogens with zero attached hydrogens (tertiary/aromatic N) is 1. The molecule has 0 aromatic carbocycles. The highest BCUT2D eigenvalue weighted by Crippen LogP contribution is 2.26. The molecule has 0 saturated carbocycles. The first-order valence-corrected chi connectivity index (χ1v) is 12.3. The van der Waals surface area contributed by atoms with Crippen molar-refractivity contribution in [3.8, 4) is 0 Å². The van der Waals surface area contributed by atoms with Crippen LogP contribution in [-0.4, -0.2) is 55.0 Å². The van der Waals surface area contributed by atoms with Crippen LogP contribution in [0, 0.1) is 0 Å². The van der Waals surface area contributed by atoms with Gasteiger partial charge in [-0.25, -0.2) is 9.79 Å². The lowest BCUT2D eigenvalue weighted by Crippen LogP contribution is -2.51. The molecule has 7 nitrogen and oxygen atoms in total. The minimum Gasteiger partial charge on any atom is -0.445 e. The Hall–Kier alpha value is -0.470. The Bertz CT molecular complexity index is 528. The first-order valence-electron chi connectivity index (χ1n) is 11.2. The molecule has 0 aliphatic carbocycles. The van der Waals surface area contributed by atoms with E-state index in [1.54, 1.807) is 14.2 Å². The second-order valence-corrected chi connectivity index (χ2v) is 10.4. The van der Waals surface area contributed by atoms with Crippen LogP contribution in [-0.2, 0) is 14.2 Å². The van der Waals surface area contributed by atoms with Crippen LogP contribution in [0.1, 0.15) is 77.6 Å². The first kappa shape index (κ1) is 28.6. The molecule has 1 aliphatic rings. The van der Waals surface area contributed by atoms with Gasteiger partial charge in [-0.2, -0.15) is 0 Å². The van der Waals surface area contributed by atoms with Crippen LogP contribution in [0.4, 0.5) is 4.79 Å². The van der Waals surface area contributed by atoms with Crippen molar-refractivity contribution >= 4 is 46.9 Å². The Kier molecular flexibility index (Phi) is 14.9. The summed E-state index contributed by atoms with van der Waals surface area (Å²) in [6.45, 7) is 1.89. The number of ether oxygens (including phenoxy) is 3. The average molecular weight is 503 g/mol. The number of aliphatic imine (C=N–C) groups is 1. The molecular weight excluding hydrogens is 465 g/mol. The van der Waals surface area contributed by atoms with E-state index in [-0.39, 0.29) is 25.0 Å². The van der Waals surface area contributed by atoms with Crippen LogP contribution in [0.5, 0.6) is 0 Å². The lowest BCUT2D eigenvalue weighted by molar-refractivity contribution is -0.107. The van der Waals surface area contributed by atoms with E-state index < -0.39 is 9.89 Å². The van der Waals surface area contributed by atoms with Crippen LogP contribution in [0.2, 0.25) is 0 Å². The Morgan fingerprint density at radius 1 is 1.13 bits per heavy atom. The molecule has 10 heteroatoms. The summed E-state index contributed by atoms with van der Waals surface area (Å²) in [5, 5.41) is 5.95. The number of carbonyl (C=O) groups excluding carboxylic acids is 1. The number of hydrogen-bond acceptors (Lipinski definition) is 6. The van der Waals surface area contributed by atoms with Crippen LogP contribution in [0.3, 0.4) is 0 Å². The number of amides is 1. The van der Waals surface area contributed by atoms with E-state index in [0.717, 1.165) is 32.1 Å². The summed E-state index contributed by atoms with van der Waals surface area (Å²) < 4.78 is 13.9. The smallest absolute Gasteiger partial charge is 0.414 e. The van der Waals surface area contributed by atoms with Crippen molar-refractivity contribution in [2.24, 2.45) is 4.99 Å². The predicted molar refractivity (Wildman–Crippen MR) is 127 cm³/mol. The van der Waals surface area contributed by atoms with Gasteiger partial charge in [-0.15, -0.1) is 0 Å². The van der Waals surface area contributed by atoms with E-state index >= 15 is 0 Å². The molecule has 0 spiro atoms. The lowest BCUT2D eigenvalue weighted by atomic mass is 9.96. The summed E-state index contributed by atoms with van der Waals surface area (Å²) >= 11 is 16.9. The number of alkyl carbamates (subject to hydrolysis) is 1. The molecular formula is C21H38Cl3N3O4. The fourth-order valence-corrected chi connectivity index (χ4v) is 3.75. The van der Waals surface area contributed by atoms with Gasteiger partial charge in [-0.05, 0) is 19.3 Å². The van der Waals surface area contributed by atoms with Crippen molar-refractivity contribution < 1.29 is 19.0 Å². The lowest BCUT2D eigenvalue weighted by Gasteiger charge is -2.30. The zero-order valence-electron chi connectivity index (χ0n) is 18.9. The maximum absolute atomic E-state index is 12.0. The number of rotatable bonds is 14. The Morgan fingerprint density at radius 3 is 2.39 bits per heavy atom. The highest BCUT2D eigenvalue weighted by molar-refractivity contribution is 6.67. The van der Waals surface area contributed by atoms with Gasteiger partial charge in [0.15, 0.2) is 6.29 Å². The third-order valence-corrected chi connectivity index (χ3v) is 5.54. The maximum Gasteiger partial charge on any atom is 0.414 e. The SMILES string of the molecule is CCCCCCCCC[C@@H]1C[C@H](CCC(OC)OC)N=C(NC(=O)OCC(Cl)(Cl)Cl)N1. The largest absolute Gasteiger partial charge is 0.445 e. The summed E-state index contributed by atoms with van der Waals surface area (Å²) in [7, 11) is 3.24. The Balaban J connectivity index is 2.56. The van der Waals surface area contributed by atoms with Crippen molar-refractivity contribution in [3.63, 3.8) is 0 Å². The van der Waals surface area contributed by atoms with E-state index in [9.17, 15) is 4.79 Å². The van der Waals surface area contributed by atoms with Crippen molar-refractivity contribution in [1.29, 1.82) is 0 Å². The topological polar surface area (TPSA) is 81.2 Å². The minimum atomic E-state index is -1.66. The third-order valence-electron chi connectivity index (χ3n) is 5.21. The molecule has 31 heavy (non-hydrogen) atoms. The van der Waals surface area contributed by atoms with Gasteiger partial charge in [0.1, 0.15) is 6.61 Å². The number of carbonyl (C=O) groups is 1. The molecule has 2 N–H and O–H groups in total. The van der Waals surface area contributed by atoms with E-state index in [1.165, 1.54) is 38.5 Å². The zero-order valence-corrected chi connectivity index (χ0v) is 21.2. The van der Waals surface area contributed by atoms with E-state index in [1.807, 2.05) is 0 Å². The monoisotopic (exact) mass is 501 g/mol.